The highest BCUT2D eigenvalue weighted by molar-refractivity contribution is 5.94. The van der Waals surface area contributed by atoms with Gasteiger partial charge in [0.05, 0.1) is 23.6 Å². The van der Waals surface area contributed by atoms with Gasteiger partial charge in [0.25, 0.3) is 11.5 Å². The SMILES string of the molecule is CC1CCCN1CCCc1c(-c2ccc(=O)n(CCO)c2)nc2ccc(C(=O)N(CCC3C=C3)CCC3CC3)cn12. The number of allylic oxidation sites excluding steroid dienone is 2. The molecule has 2 fully saturated rings. The van der Waals surface area contributed by atoms with E-state index in [1.165, 1.54) is 30.3 Å². The Labute approximate surface area is 242 Å². The van der Waals surface area contributed by atoms with E-state index in [0.29, 0.717) is 17.5 Å². The van der Waals surface area contributed by atoms with E-state index in [2.05, 4.69) is 33.3 Å². The van der Waals surface area contributed by atoms with Crippen LogP contribution < -0.4 is 5.56 Å². The van der Waals surface area contributed by atoms with Crippen LogP contribution in [0.25, 0.3) is 16.9 Å². The van der Waals surface area contributed by atoms with E-state index in [-0.39, 0.29) is 24.6 Å². The van der Waals surface area contributed by atoms with Crippen LogP contribution in [-0.2, 0) is 13.0 Å². The van der Waals surface area contributed by atoms with Gasteiger partial charge < -0.3 is 23.9 Å². The van der Waals surface area contributed by atoms with Crippen LogP contribution in [0.5, 0.6) is 0 Å². The maximum atomic E-state index is 13.8. The molecule has 4 heterocycles. The molecule has 1 atom stereocenters. The van der Waals surface area contributed by atoms with Crippen molar-refractivity contribution in [2.45, 2.75) is 70.9 Å². The van der Waals surface area contributed by atoms with Gasteiger partial charge in [-0.3, -0.25) is 9.59 Å². The van der Waals surface area contributed by atoms with Crippen molar-refractivity contribution in [1.82, 2.24) is 23.8 Å². The van der Waals surface area contributed by atoms with Gasteiger partial charge in [-0.05, 0) is 88.6 Å². The highest BCUT2D eigenvalue weighted by Crippen LogP contribution is 2.33. The van der Waals surface area contributed by atoms with Crippen molar-refractivity contribution in [2.75, 3.05) is 32.8 Å². The minimum atomic E-state index is -0.142. The summed E-state index contributed by atoms with van der Waals surface area (Å²) in [6.45, 7) is 6.23. The molecule has 8 nitrogen and oxygen atoms in total. The van der Waals surface area contributed by atoms with Crippen molar-refractivity contribution in [1.29, 1.82) is 0 Å². The Kier molecular flexibility index (Phi) is 8.40. The third kappa shape index (κ3) is 6.65. The zero-order valence-electron chi connectivity index (χ0n) is 24.3. The van der Waals surface area contributed by atoms with Crippen LogP contribution in [-0.4, -0.2) is 73.6 Å². The maximum absolute atomic E-state index is 13.8. The van der Waals surface area contributed by atoms with Crippen molar-refractivity contribution in [2.24, 2.45) is 11.8 Å². The number of aromatic nitrogens is 3. The monoisotopic (exact) mass is 557 g/mol. The molecule has 3 aromatic heterocycles. The van der Waals surface area contributed by atoms with Crippen LogP contribution >= 0.6 is 0 Å². The Bertz CT molecular complexity index is 1460. The molecule has 8 heteroatoms. The number of likely N-dealkylation sites (tertiary alicyclic amines) is 1. The van der Waals surface area contributed by atoms with Crippen molar-refractivity contribution in [3.63, 3.8) is 0 Å². The van der Waals surface area contributed by atoms with Crippen molar-refractivity contribution >= 4 is 11.6 Å². The maximum Gasteiger partial charge on any atom is 0.255 e. The Morgan fingerprint density at radius 2 is 1.88 bits per heavy atom. The smallest absolute Gasteiger partial charge is 0.255 e. The highest BCUT2D eigenvalue weighted by Gasteiger charge is 2.26. The number of rotatable bonds is 14. The standard InChI is InChI=1S/C33H43N5O3/c1-24-4-2-16-35(24)17-3-5-29-32(27-11-13-31(40)37(22-27)20-21-39)34-30-12-10-28(23-38(29)30)33(41)36(18-14-25-6-7-25)19-15-26-8-9-26/h6-7,10-13,22-26,39H,2-5,8-9,14-21H2,1H3. The van der Waals surface area contributed by atoms with Gasteiger partial charge in [0.1, 0.15) is 5.65 Å². The van der Waals surface area contributed by atoms with Gasteiger partial charge in [-0.15, -0.1) is 0 Å². The molecule has 218 valence electrons. The van der Waals surface area contributed by atoms with Crippen LogP contribution in [0.1, 0.15) is 67.9 Å². The predicted molar refractivity (Wildman–Crippen MR) is 161 cm³/mol. The second-order valence-electron chi connectivity index (χ2n) is 12.2. The number of aliphatic hydroxyl groups is 1. The molecule has 1 amide bonds. The molecular formula is C33H43N5O3. The van der Waals surface area contributed by atoms with E-state index in [1.807, 2.05) is 24.4 Å². The molecule has 1 saturated carbocycles. The molecular weight excluding hydrogens is 514 g/mol. The van der Waals surface area contributed by atoms with Gasteiger partial charge in [0.15, 0.2) is 0 Å². The van der Waals surface area contributed by atoms with E-state index in [9.17, 15) is 14.7 Å². The van der Waals surface area contributed by atoms with Crippen LogP contribution in [0.4, 0.5) is 0 Å². The van der Waals surface area contributed by atoms with Gasteiger partial charge in [-0.1, -0.05) is 25.0 Å². The Morgan fingerprint density at radius 1 is 1.05 bits per heavy atom. The quantitative estimate of drug-likeness (QED) is 0.297. The highest BCUT2D eigenvalue weighted by atomic mass is 16.3. The second kappa shape index (κ2) is 12.3. The molecule has 2 aliphatic carbocycles. The molecule has 0 spiro atoms. The first-order valence-electron chi connectivity index (χ1n) is 15.5. The summed E-state index contributed by atoms with van der Waals surface area (Å²) in [7, 11) is 0. The van der Waals surface area contributed by atoms with E-state index >= 15 is 0 Å². The lowest BCUT2D eigenvalue weighted by atomic mass is 10.1. The largest absolute Gasteiger partial charge is 0.395 e. The molecule has 3 aromatic rings. The zero-order valence-corrected chi connectivity index (χ0v) is 24.3. The van der Waals surface area contributed by atoms with E-state index in [0.717, 1.165) is 80.4 Å². The number of aliphatic hydroxyl groups excluding tert-OH is 1. The number of nitrogens with zero attached hydrogens (tertiary/aromatic N) is 5. The van der Waals surface area contributed by atoms with Gasteiger partial charge in [-0.25, -0.2) is 4.98 Å². The number of carbonyl (C=O) groups excluding carboxylic acids is 1. The fourth-order valence-corrected chi connectivity index (χ4v) is 6.24. The Hall–Kier alpha value is -3.23. The Morgan fingerprint density at radius 3 is 2.61 bits per heavy atom. The van der Waals surface area contributed by atoms with Crippen molar-refractivity contribution < 1.29 is 9.90 Å². The second-order valence-corrected chi connectivity index (χ2v) is 12.2. The predicted octanol–water partition coefficient (Wildman–Crippen LogP) is 4.39. The summed E-state index contributed by atoms with van der Waals surface area (Å²) in [6.07, 6.45) is 17.2. The van der Waals surface area contributed by atoms with Crippen LogP contribution in [0, 0.1) is 11.8 Å². The lowest BCUT2D eigenvalue weighted by Gasteiger charge is -2.23. The summed E-state index contributed by atoms with van der Waals surface area (Å²) >= 11 is 0. The number of carbonyl (C=O) groups is 1. The van der Waals surface area contributed by atoms with Gasteiger partial charge in [-0.2, -0.15) is 0 Å². The molecule has 3 aliphatic rings. The fourth-order valence-electron chi connectivity index (χ4n) is 6.24. The molecule has 1 saturated heterocycles. The van der Waals surface area contributed by atoms with E-state index < -0.39 is 0 Å². The first-order valence-corrected chi connectivity index (χ1v) is 15.5. The number of hydrogen-bond acceptors (Lipinski definition) is 5. The molecule has 0 aromatic carbocycles. The minimum Gasteiger partial charge on any atom is -0.395 e. The lowest BCUT2D eigenvalue weighted by Crippen LogP contribution is -2.33. The van der Waals surface area contributed by atoms with Gasteiger partial charge in [0.2, 0.25) is 0 Å². The van der Waals surface area contributed by atoms with Crippen LogP contribution in [0.3, 0.4) is 0 Å². The van der Waals surface area contributed by atoms with Crippen LogP contribution in [0.2, 0.25) is 0 Å². The Balaban J connectivity index is 1.31. The molecule has 1 aliphatic heterocycles. The summed E-state index contributed by atoms with van der Waals surface area (Å²) in [6, 6.07) is 7.85. The third-order valence-corrected chi connectivity index (χ3v) is 9.10. The van der Waals surface area contributed by atoms with Gasteiger partial charge >= 0.3 is 0 Å². The fraction of sp³-hybridized carbons (Fsp3) is 0.545. The zero-order chi connectivity index (χ0) is 28.3. The number of aryl methyl sites for hydroxylation is 1. The number of amides is 1. The first-order chi connectivity index (χ1) is 20.0. The minimum absolute atomic E-state index is 0.0942. The van der Waals surface area contributed by atoms with E-state index in [1.54, 1.807) is 12.3 Å². The molecule has 1 N–H and O–H groups in total. The molecule has 6 rings (SSSR count). The summed E-state index contributed by atoms with van der Waals surface area (Å²) in [5.74, 6) is 1.42. The number of pyridine rings is 2. The van der Waals surface area contributed by atoms with Crippen molar-refractivity contribution in [3.8, 4) is 11.3 Å². The summed E-state index contributed by atoms with van der Waals surface area (Å²) < 4.78 is 3.63. The molecule has 1 unspecified atom stereocenters. The molecule has 0 radical (unpaired) electrons. The topological polar surface area (TPSA) is 83.1 Å². The van der Waals surface area contributed by atoms with Gasteiger partial charge in [0, 0.05) is 49.7 Å². The average Bonchev–Trinajstić information content (AvgIpc) is 3.91. The third-order valence-electron chi connectivity index (χ3n) is 9.10. The summed E-state index contributed by atoms with van der Waals surface area (Å²) in [4.78, 5) is 35.8. The first kappa shape index (κ1) is 27.9. The van der Waals surface area contributed by atoms with Crippen LogP contribution in [0.15, 0.2) is 53.6 Å². The van der Waals surface area contributed by atoms with Crippen molar-refractivity contribution in [3.05, 3.63) is 70.4 Å². The number of fused-ring (bicyclic) bond motifs is 1. The molecule has 0 bridgehead atoms. The van der Waals surface area contributed by atoms with E-state index in [4.69, 9.17) is 4.98 Å². The molecule has 41 heavy (non-hydrogen) atoms. The lowest BCUT2D eigenvalue weighted by molar-refractivity contribution is 0.0747. The summed E-state index contributed by atoms with van der Waals surface area (Å²) in [5.41, 5.74) is 4.09. The number of hydrogen-bond donors (Lipinski definition) is 1. The number of imidazole rings is 1. The average molecular weight is 558 g/mol. The summed E-state index contributed by atoms with van der Waals surface area (Å²) in [5, 5.41) is 9.46. The normalized spacial score (nSPS) is 18.9.